The number of aliphatic imine (C=N–C) groups is 1. The fourth-order valence-corrected chi connectivity index (χ4v) is 4.96. The number of benzene rings is 2. The standard InChI is InChI=1S/C20H13Cl2I2NO3/c1-10(2)9-27-18-15(23)5-11(6-16(18)24)7-17-20(26)28-19(25-17)13-4-3-12(21)8-14(13)22/h3-8H,1,9H2,2H3/b17-7-. The number of ether oxygens (including phenoxy) is 2. The van der Waals surface area contributed by atoms with Gasteiger partial charge in [-0.3, -0.25) is 0 Å². The summed E-state index contributed by atoms with van der Waals surface area (Å²) in [5.74, 6) is 0.412. The summed E-state index contributed by atoms with van der Waals surface area (Å²) in [6.07, 6.45) is 1.67. The second-order valence-electron chi connectivity index (χ2n) is 6.02. The Hall–Kier alpha value is -1.10. The summed E-state index contributed by atoms with van der Waals surface area (Å²) in [7, 11) is 0. The van der Waals surface area contributed by atoms with Crippen molar-refractivity contribution in [2.75, 3.05) is 6.61 Å². The number of cyclic esters (lactones) is 1. The Labute approximate surface area is 199 Å². The average molecular weight is 640 g/mol. The molecule has 1 aliphatic rings. The molecule has 4 nitrogen and oxygen atoms in total. The van der Waals surface area contributed by atoms with E-state index in [1.165, 1.54) is 0 Å². The van der Waals surface area contributed by atoms with Gasteiger partial charge < -0.3 is 9.47 Å². The lowest BCUT2D eigenvalue weighted by Gasteiger charge is -2.11. The average Bonchev–Trinajstić information content (AvgIpc) is 2.94. The van der Waals surface area contributed by atoms with Crippen molar-refractivity contribution in [3.8, 4) is 5.75 Å². The molecule has 0 saturated carbocycles. The first kappa shape index (κ1) is 21.6. The summed E-state index contributed by atoms with van der Waals surface area (Å²) < 4.78 is 12.9. The topological polar surface area (TPSA) is 47.9 Å². The monoisotopic (exact) mass is 639 g/mol. The number of hydrogen-bond donors (Lipinski definition) is 0. The minimum atomic E-state index is -0.534. The number of hydrogen-bond acceptors (Lipinski definition) is 4. The number of carbonyl (C=O) groups is 1. The van der Waals surface area contributed by atoms with E-state index in [2.05, 4.69) is 56.8 Å². The first-order valence-electron chi connectivity index (χ1n) is 7.99. The van der Waals surface area contributed by atoms with Crippen LogP contribution in [0.15, 0.2) is 53.2 Å². The van der Waals surface area contributed by atoms with Crippen LogP contribution in [-0.4, -0.2) is 18.5 Å². The molecule has 0 saturated heterocycles. The van der Waals surface area contributed by atoms with E-state index in [0.29, 0.717) is 22.2 Å². The van der Waals surface area contributed by atoms with Gasteiger partial charge in [0.1, 0.15) is 12.4 Å². The van der Waals surface area contributed by atoms with Gasteiger partial charge >= 0.3 is 5.97 Å². The van der Waals surface area contributed by atoms with Crippen LogP contribution in [0.3, 0.4) is 0 Å². The summed E-state index contributed by atoms with van der Waals surface area (Å²) in [6, 6.07) is 8.73. The molecule has 0 radical (unpaired) electrons. The molecule has 0 bridgehead atoms. The van der Waals surface area contributed by atoms with Crippen LogP contribution < -0.4 is 4.74 Å². The smallest absolute Gasteiger partial charge is 0.363 e. The summed E-state index contributed by atoms with van der Waals surface area (Å²) in [5.41, 5.74) is 2.46. The van der Waals surface area contributed by atoms with Crippen LogP contribution in [-0.2, 0) is 9.53 Å². The van der Waals surface area contributed by atoms with Gasteiger partial charge in [0.2, 0.25) is 5.90 Å². The van der Waals surface area contributed by atoms with E-state index in [1.807, 2.05) is 19.1 Å². The third-order valence-corrected chi connectivity index (χ3v) is 5.72. The molecule has 28 heavy (non-hydrogen) atoms. The van der Waals surface area contributed by atoms with Gasteiger partial charge in [0, 0.05) is 5.02 Å². The van der Waals surface area contributed by atoms with E-state index in [4.69, 9.17) is 32.7 Å². The number of carbonyl (C=O) groups excluding carboxylic acids is 1. The van der Waals surface area contributed by atoms with Gasteiger partial charge in [-0.1, -0.05) is 29.8 Å². The van der Waals surface area contributed by atoms with Crippen LogP contribution in [0.1, 0.15) is 18.1 Å². The van der Waals surface area contributed by atoms with E-state index in [1.54, 1.807) is 24.3 Å². The van der Waals surface area contributed by atoms with E-state index in [-0.39, 0.29) is 11.6 Å². The fraction of sp³-hybridized carbons (Fsp3) is 0.100. The van der Waals surface area contributed by atoms with Crippen LogP contribution in [0.2, 0.25) is 10.0 Å². The van der Waals surface area contributed by atoms with Gasteiger partial charge in [-0.2, -0.15) is 0 Å². The Morgan fingerprint density at radius 1 is 1.25 bits per heavy atom. The van der Waals surface area contributed by atoms with Crippen LogP contribution >= 0.6 is 68.4 Å². The van der Waals surface area contributed by atoms with E-state index < -0.39 is 5.97 Å². The van der Waals surface area contributed by atoms with Crippen molar-refractivity contribution in [3.63, 3.8) is 0 Å². The first-order chi connectivity index (χ1) is 13.2. The molecule has 0 aromatic heterocycles. The lowest BCUT2D eigenvalue weighted by molar-refractivity contribution is -0.129. The quantitative estimate of drug-likeness (QED) is 0.162. The molecule has 8 heteroatoms. The number of nitrogens with zero attached hydrogens (tertiary/aromatic N) is 1. The minimum absolute atomic E-state index is 0.156. The predicted molar refractivity (Wildman–Crippen MR) is 129 cm³/mol. The first-order valence-corrected chi connectivity index (χ1v) is 10.9. The molecule has 3 rings (SSSR count). The van der Waals surface area contributed by atoms with Gasteiger partial charge in [-0.15, -0.1) is 0 Å². The maximum atomic E-state index is 12.2. The van der Waals surface area contributed by atoms with Gasteiger partial charge in [0.05, 0.1) is 17.7 Å². The van der Waals surface area contributed by atoms with Crippen molar-refractivity contribution >= 4 is 86.3 Å². The maximum Gasteiger partial charge on any atom is 0.363 e. The predicted octanol–water partition coefficient (Wildman–Crippen LogP) is 6.50. The van der Waals surface area contributed by atoms with Gasteiger partial charge in [0.25, 0.3) is 0 Å². The van der Waals surface area contributed by atoms with Crippen LogP contribution in [0.4, 0.5) is 0 Å². The van der Waals surface area contributed by atoms with Crippen molar-refractivity contribution in [1.82, 2.24) is 0 Å². The molecule has 1 aliphatic heterocycles. The maximum absolute atomic E-state index is 12.2. The normalized spacial score (nSPS) is 14.8. The lowest BCUT2D eigenvalue weighted by Crippen LogP contribution is -2.06. The Bertz CT molecular complexity index is 1020. The minimum Gasteiger partial charge on any atom is -0.487 e. The molecule has 0 fully saturated rings. The molecule has 0 unspecified atom stereocenters. The van der Waals surface area contributed by atoms with Gasteiger partial charge in [-0.05, 0) is 99.6 Å². The van der Waals surface area contributed by atoms with Crippen LogP contribution in [0, 0.1) is 7.14 Å². The molecular weight excluding hydrogens is 627 g/mol. The molecule has 0 spiro atoms. The largest absolute Gasteiger partial charge is 0.487 e. The van der Waals surface area contributed by atoms with Gasteiger partial charge in [-0.25, -0.2) is 9.79 Å². The van der Waals surface area contributed by atoms with Crippen molar-refractivity contribution in [2.24, 2.45) is 4.99 Å². The zero-order valence-electron chi connectivity index (χ0n) is 14.6. The number of rotatable bonds is 5. The van der Waals surface area contributed by atoms with E-state index in [0.717, 1.165) is 24.0 Å². The molecule has 0 amide bonds. The molecule has 1 heterocycles. The third-order valence-electron chi connectivity index (χ3n) is 3.57. The highest BCUT2D eigenvalue weighted by Crippen LogP contribution is 2.31. The summed E-state index contributed by atoms with van der Waals surface area (Å²) >= 11 is 16.5. The van der Waals surface area contributed by atoms with Gasteiger partial charge in [0.15, 0.2) is 5.70 Å². The lowest BCUT2D eigenvalue weighted by atomic mass is 10.2. The second-order valence-corrected chi connectivity index (χ2v) is 9.19. The molecular formula is C20H13Cl2I2NO3. The van der Waals surface area contributed by atoms with E-state index >= 15 is 0 Å². The van der Waals surface area contributed by atoms with Crippen molar-refractivity contribution in [3.05, 3.63) is 76.5 Å². The Balaban J connectivity index is 1.91. The highest BCUT2D eigenvalue weighted by Gasteiger charge is 2.26. The zero-order valence-corrected chi connectivity index (χ0v) is 20.4. The molecule has 0 atom stereocenters. The molecule has 2 aromatic rings. The number of esters is 1. The van der Waals surface area contributed by atoms with E-state index in [9.17, 15) is 4.79 Å². The molecule has 0 N–H and O–H groups in total. The number of halogens is 4. The van der Waals surface area contributed by atoms with Crippen molar-refractivity contribution in [1.29, 1.82) is 0 Å². The SMILES string of the molecule is C=C(C)COc1c(I)cc(/C=C2\N=C(c3ccc(Cl)cc3Cl)OC2=O)cc1I. The zero-order chi connectivity index (χ0) is 20.4. The summed E-state index contributed by atoms with van der Waals surface area (Å²) in [5, 5.41) is 0.857. The van der Waals surface area contributed by atoms with Crippen molar-refractivity contribution < 1.29 is 14.3 Å². The van der Waals surface area contributed by atoms with Crippen LogP contribution in [0.25, 0.3) is 6.08 Å². The van der Waals surface area contributed by atoms with Crippen molar-refractivity contribution in [2.45, 2.75) is 6.92 Å². The summed E-state index contributed by atoms with van der Waals surface area (Å²) in [6.45, 7) is 6.21. The molecule has 0 aliphatic carbocycles. The second kappa shape index (κ2) is 9.15. The highest BCUT2D eigenvalue weighted by molar-refractivity contribution is 14.1. The molecule has 2 aromatic carbocycles. The third kappa shape index (κ3) is 5.08. The Morgan fingerprint density at radius 3 is 2.54 bits per heavy atom. The fourth-order valence-electron chi connectivity index (χ4n) is 2.34. The Morgan fingerprint density at radius 2 is 1.93 bits per heavy atom. The Kier molecular flexibility index (Phi) is 7.06. The highest BCUT2D eigenvalue weighted by atomic mass is 127. The summed E-state index contributed by atoms with van der Waals surface area (Å²) in [4.78, 5) is 16.5. The van der Waals surface area contributed by atoms with Crippen LogP contribution in [0.5, 0.6) is 5.75 Å². The molecule has 144 valence electrons.